The predicted octanol–water partition coefficient (Wildman–Crippen LogP) is 2.76. The van der Waals surface area contributed by atoms with Crippen LogP contribution in [0.5, 0.6) is 0 Å². The van der Waals surface area contributed by atoms with Crippen molar-refractivity contribution in [3.63, 3.8) is 0 Å². The van der Waals surface area contributed by atoms with Gasteiger partial charge in [0.2, 0.25) is 0 Å². The molecular formula is C10H23NS. The van der Waals surface area contributed by atoms with Crippen molar-refractivity contribution < 1.29 is 0 Å². The van der Waals surface area contributed by atoms with Gasteiger partial charge in [-0.25, -0.2) is 0 Å². The highest BCUT2D eigenvalue weighted by Gasteiger charge is 2.02. The predicted molar refractivity (Wildman–Crippen MR) is 59.9 cm³/mol. The third-order valence-electron chi connectivity index (χ3n) is 2.08. The Morgan fingerprint density at radius 3 is 2.42 bits per heavy atom. The molecule has 0 radical (unpaired) electrons. The van der Waals surface area contributed by atoms with Crippen LogP contribution in [0.3, 0.4) is 0 Å². The van der Waals surface area contributed by atoms with Gasteiger partial charge in [-0.2, -0.15) is 11.8 Å². The van der Waals surface area contributed by atoms with Gasteiger partial charge >= 0.3 is 0 Å². The van der Waals surface area contributed by atoms with Gasteiger partial charge in [0.05, 0.1) is 0 Å². The average Bonchev–Trinajstić information content (AvgIpc) is 2.10. The summed E-state index contributed by atoms with van der Waals surface area (Å²) < 4.78 is 0. The number of hydrogen-bond acceptors (Lipinski definition) is 2. The topological polar surface area (TPSA) is 12.0 Å². The van der Waals surface area contributed by atoms with Crippen molar-refractivity contribution in [1.29, 1.82) is 0 Å². The molecule has 0 aromatic carbocycles. The molecule has 1 nitrogen and oxygen atoms in total. The number of rotatable bonds is 7. The van der Waals surface area contributed by atoms with Crippen LogP contribution in [0, 0.1) is 5.92 Å². The lowest BCUT2D eigenvalue weighted by atomic mass is 10.1. The Kier molecular flexibility index (Phi) is 8.14. The first-order valence-electron chi connectivity index (χ1n) is 5.01. The zero-order chi connectivity index (χ0) is 9.40. The van der Waals surface area contributed by atoms with Crippen LogP contribution in [0.25, 0.3) is 0 Å². The number of nitrogens with one attached hydrogen (secondary N) is 1. The van der Waals surface area contributed by atoms with Crippen molar-refractivity contribution in [1.82, 2.24) is 5.32 Å². The van der Waals surface area contributed by atoms with Crippen molar-refractivity contribution in [2.24, 2.45) is 5.92 Å². The van der Waals surface area contributed by atoms with Crippen LogP contribution in [0.15, 0.2) is 0 Å². The number of hydrogen-bond donors (Lipinski definition) is 1. The maximum atomic E-state index is 3.55. The third kappa shape index (κ3) is 6.99. The summed E-state index contributed by atoms with van der Waals surface area (Å²) in [4.78, 5) is 0. The third-order valence-corrected chi connectivity index (χ3v) is 3.23. The minimum Gasteiger partial charge on any atom is -0.313 e. The van der Waals surface area contributed by atoms with Gasteiger partial charge in [0, 0.05) is 11.8 Å². The van der Waals surface area contributed by atoms with Gasteiger partial charge in [0.1, 0.15) is 0 Å². The highest BCUT2D eigenvalue weighted by Crippen LogP contribution is 2.03. The van der Waals surface area contributed by atoms with E-state index in [9.17, 15) is 0 Å². The van der Waals surface area contributed by atoms with E-state index in [2.05, 4.69) is 33.0 Å². The van der Waals surface area contributed by atoms with Crippen LogP contribution < -0.4 is 5.32 Å². The van der Waals surface area contributed by atoms with Crippen LogP contribution in [0.2, 0.25) is 0 Å². The van der Waals surface area contributed by atoms with Crippen molar-refractivity contribution in [3.05, 3.63) is 0 Å². The summed E-state index contributed by atoms with van der Waals surface area (Å²) >= 11 is 2.01. The first kappa shape index (κ1) is 12.3. The fraction of sp³-hybridized carbons (Fsp3) is 1.00. The molecule has 12 heavy (non-hydrogen) atoms. The second-order valence-corrected chi connectivity index (χ2v) is 4.80. The average molecular weight is 189 g/mol. The largest absolute Gasteiger partial charge is 0.313 e. The molecule has 74 valence electrons. The second-order valence-electron chi connectivity index (χ2n) is 3.48. The SMILES string of the molecule is CCSCC(C)NCC(C)CC. The van der Waals surface area contributed by atoms with E-state index in [1.54, 1.807) is 0 Å². The van der Waals surface area contributed by atoms with Crippen LogP contribution >= 0.6 is 11.8 Å². The van der Waals surface area contributed by atoms with Crippen LogP contribution in [-0.4, -0.2) is 24.1 Å². The monoisotopic (exact) mass is 189 g/mol. The van der Waals surface area contributed by atoms with E-state index in [1.165, 1.54) is 24.5 Å². The lowest BCUT2D eigenvalue weighted by molar-refractivity contribution is 0.470. The second kappa shape index (κ2) is 7.93. The first-order valence-corrected chi connectivity index (χ1v) is 6.17. The lowest BCUT2D eigenvalue weighted by Gasteiger charge is -2.15. The molecule has 0 aliphatic rings. The molecule has 0 saturated heterocycles. The zero-order valence-electron chi connectivity index (χ0n) is 8.89. The molecule has 2 atom stereocenters. The molecule has 0 rings (SSSR count). The molecule has 0 aliphatic carbocycles. The van der Waals surface area contributed by atoms with Crippen molar-refractivity contribution in [2.45, 2.75) is 40.2 Å². The van der Waals surface area contributed by atoms with Gasteiger partial charge in [-0.1, -0.05) is 27.2 Å². The number of thioether (sulfide) groups is 1. The minimum atomic E-state index is 0.670. The van der Waals surface area contributed by atoms with Gasteiger partial charge in [-0.05, 0) is 25.1 Å². The maximum absolute atomic E-state index is 3.55. The summed E-state index contributed by atoms with van der Waals surface area (Å²) in [6, 6.07) is 0.670. The molecule has 0 saturated carbocycles. The van der Waals surface area contributed by atoms with Gasteiger partial charge < -0.3 is 5.32 Å². The van der Waals surface area contributed by atoms with Crippen molar-refractivity contribution in [2.75, 3.05) is 18.1 Å². The molecule has 2 unspecified atom stereocenters. The van der Waals surface area contributed by atoms with E-state index >= 15 is 0 Å². The summed E-state index contributed by atoms with van der Waals surface area (Å²) in [6.45, 7) is 10.2. The standard InChI is InChI=1S/C10H23NS/c1-5-9(3)7-11-10(4)8-12-6-2/h9-11H,5-8H2,1-4H3. The highest BCUT2D eigenvalue weighted by molar-refractivity contribution is 7.99. The molecule has 0 fully saturated rings. The molecule has 2 heteroatoms. The molecule has 0 amide bonds. The first-order chi connectivity index (χ1) is 5.70. The molecule has 0 spiro atoms. The van der Waals surface area contributed by atoms with Crippen LogP contribution in [-0.2, 0) is 0 Å². The zero-order valence-corrected chi connectivity index (χ0v) is 9.71. The molecular weight excluding hydrogens is 166 g/mol. The quantitative estimate of drug-likeness (QED) is 0.661. The Labute approximate surface area is 81.7 Å². The summed E-state index contributed by atoms with van der Waals surface area (Å²) in [7, 11) is 0. The smallest absolute Gasteiger partial charge is 0.0130 e. The summed E-state index contributed by atoms with van der Waals surface area (Å²) in [5.41, 5.74) is 0. The molecule has 0 aromatic rings. The van der Waals surface area contributed by atoms with Gasteiger partial charge in [0.15, 0.2) is 0 Å². The normalized spacial score (nSPS) is 16.0. The Morgan fingerprint density at radius 2 is 1.92 bits per heavy atom. The fourth-order valence-corrected chi connectivity index (χ4v) is 1.61. The Bertz CT molecular complexity index is 95.8. The Morgan fingerprint density at radius 1 is 1.25 bits per heavy atom. The van der Waals surface area contributed by atoms with E-state index in [0.29, 0.717) is 6.04 Å². The minimum absolute atomic E-state index is 0.670. The van der Waals surface area contributed by atoms with E-state index in [0.717, 1.165) is 5.92 Å². The molecule has 0 aromatic heterocycles. The summed E-state index contributed by atoms with van der Waals surface area (Å²) in [5, 5.41) is 3.55. The van der Waals surface area contributed by atoms with Gasteiger partial charge in [-0.3, -0.25) is 0 Å². The Hall–Kier alpha value is 0.310. The van der Waals surface area contributed by atoms with E-state index in [1.807, 2.05) is 11.8 Å². The molecule has 0 aliphatic heterocycles. The lowest BCUT2D eigenvalue weighted by Crippen LogP contribution is -2.32. The summed E-state index contributed by atoms with van der Waals surface area (Å²) in [5.74, 6) is 3.29. The molecule has 0 bridgehead atoms. The van der Waals surface area contributed by atoms with Crippen molar-refractivity contribution in [3.8, 4) is 0 Å². The maximum Gasteiger partial charge on any atom is 0.0130 e. The Balaban J connectivity index is 3.24. The van der Waals surface area contributed by atoms with E-state index in [4.69, 9.17) is 0 Å². The molecule has 1 N–H and O–H groups in total. The van der Waals surface area contributed by atoms with Gasteiger partial charge in [-0.15, -0.1) is 0 Å². The fourth-order valence-electron chi connectivity index (χ4n) is 0.900. The summed E-state index contributed by atoms with van der Waals surface area (Å²) in [6.07, 6.45) is 1.28. The van der Waals surface area contributed by atoms with Crippen molar-refractivity contribution >= 4 is 11.8 Å². The van der Waals surface area contributed by atoms with E-state index in [-0.39, 0.29) is 0 Å². The van der Waals surface area contributed by atoms with Gasteiger partial charge in [0.25, 0.3) is 0 Å². The van der Waals surface area contributed by atoms with Crippen LogP contribution in [0.1, 0.15) is 34.1 Å². The van der Waals surface area contributed by atoms with E-state index < -0.39 is 0 Å². The van der Waals surface area contributed by atoms with Crippen LogP contribution in [0.4, 0.5) is 0 Å². The molecule has 0 heterocycles. The highest BCUT2D eigenvalue weighted by atomic mass is 32.2.